The molecule has 1 aromatic heterocycles. The van der Waals surface area contributed by atoms with Crippen LogP contribution in [0.3, 0.4) is 0 Å². The van der Waals surface area contributed by atoms with Crippen LogP contribution in [-0.4, -0.2) is 31.3 Å². The zero-order valence-electron chi connectivity index (χ0n) is 10.3. The largest absolute Gasteiger partial charge is 0.376 e. The first-order valence-electron chi connectivity index (χ1n) is 6.03. The summed E-state index contributed by atoms with van der Waals surface area (Å²) in [7, 11) is 1.96. The summed E-state index contributed by atoms with van der Waals surface area (Å²) in [5.74, 6) is 0. The Morgan fingerprint density at radius 1 is 1.44 bits per heavy atom. The Kier molecular flexibility index (Phi) is 6.77. The highest BCUT2D eigenvalue weighted by Crippen LogP contribution is 2.03. The molecule has 0 aliphatic carbocycles. The Labute approximate surface area is 98.2 Å². The first-order valence-corrected chi connectivity index (χ1v) is 6.03. The van der Waals surface area contributed by atoms with E-state index in [2.05, 4.69) is 17.2 Å². The molecule has 16 heavy (non-hydrogen) atoms. The standard InChI is InChI=1S/C13H22N2O/c1-3-6-13(11-14-2)16-10-8-12-7-4-5-9-15-12/h4-5,7,9,13-14H,3,6,8,10-11H2,1-2H3. The number of aromatic nitrogens is 1. The van der Waals surface area contributed by atoms with Crippen LogP contribution < -0.4 is 5.32 Å². The van der Waals surface area contributed by atoms with E-state index in [-0.39, 0.29) is 0 Å². The van der Waals surface area contributed by atoms with Crippen LogP contribution in [0.4, 0.5) is 0 Å². The minimum atomic E-state index is 0.332. The maximum atomic E-state index is 5.82. The lowest BCUT2D eigenvalue weighted by molar-refractivity contribution is 0.0500. The van der Waals surface area contributed by atoms with E-state index >= 15 is 0 Å². The molecule has 0 amide bonds. The van der Waals surface area contributed by atoms with E-state index in [0.29, 0.717) is 6.10 Å². The Morgan fingerprint density at radius 3 is 2.94 bits per heavy atom. The fourth-order valence-electron chi connectivity index (χ4n) is 1.67. The van der Waals surface area contributed by atoms with Crippen molar-refractivity contribution in [2.45, 2.75) is 32.3 Å². The molecule has 0 aliphatic rings. The van der Waals surface area contributed by atoms with E-state index in [1.165, 1.54) is 0 Å². The molecule has 1 rings (SSSR count). The third kappa shape index (κ3) is 5.24. The van der Waals surface area contributed by atoms with Gasteiger partial charge >= 0.3 is 0 Å². The van der Waals surface area contributed by atoms with E-state index in [0.717, 1.165) is 38.1 Å². The van der Waals surface area contributed by atoms with Crippen LogP contribution in [0.2, 0.25) is 0 Å². The summed E-state index contributed by atoms with van der Waals surface area (Å²) in [6.07, 6.45) is 5.33. The average molecular weight is 222 g/mol. The number of hydrogen-bond donors (Lipinski definition) is 1. The van der Waals surface area contributed by atoms with Gasteiger partial charge in [0, 0.05) is 24.9 Å². The van der Waals surface area contributed by atoms with Crippen LogP contribution in [-0.2, 0) is 11.2 Å². The van der Waals surface area contributed by atoms with Crippen molar-refractivity contribution in [3.63, 3.8) is 0 Å². The summed E-state index contributed by atoms with van der Waals surface area (Å²) in [5, 5.41) is 3.16. The Bertz CT molecular complexity index is 258. The summed E-state index contributed by atoms with van der Waals surface area (Å²) < 4.78 is 5.82. The molecule has 0 aliphatic heterocycles. The molecule has 1 heterocycles. The van der Waals surface area contributed by atoms with Crippen molar-refractivity contribution in [2.75, 3.05) is 20.2 Å². The molecule has 90 valence electrons. The van der Waals surface area contributed by atoms with Gasteiger partial charge in [-0.25, -0.2) is 0 Å². The quantitative estimate of drug-likeness (QED) is 0.731. The molecule has 3 heteroatoms. The van der Waals surface area contributed by atoms with Gasteiger partial charge in [0.2, 0.25) is 0 Å². The van der Waals surface area contributed by atoms with Crippen LogP contribution in [0, 0.1) is 0 Å². The van der Waals surface area contributed by atoms with Gasteiger partial charge in [0.15, 0.2) is 0 Å². The van der Waals surface area contributed by atoms with Gasteiger partial charge in [0.05, 0.1) is 12.7 Å². The molecule has 0 saturated carbocycles. The van der Waals surface area contributed by atoms with Crippen molar-refractivity contribution in [3.8, 4) is 0 Å². The van der Waals surface area contributed by atoms with Crippen molar-refractivity contribution in [2.24, 2.45) is 0 Å². The smallest absolute Gasteiger partial charge is 0.0699 e. The van der Waals surface area contributed by atoms with Crippen LogP contribution in [0.5, 0.6) is 0 Å². The summed E-state index contributed by atoms with van der Waals surface area (Å²) in [6.45, 7) is 3.87. The highest BCUT2D eigenvalue weighted by Gasteiger charge is 2.06. The molecule has 1 aromatic rings. The molecule has 1 N–H and O–H groups in total. The Morgan fingerprint density at radius 2 is 2.31 bits per heavy atom. The number of ether oxygens (including phenoxy) is 1. The molecular weight excluding hydrogens is 200 g/mol. The van der Waals surface area contributed by atoms with E-state index in [1.54, 1.807) is 0 Å². The third-order valence-corrected chi connectivity index (χ3v) is 2.48. The minimum Gasteiger partial charge on any atom is -0.376 e. The predicted octanol–water partition coefficient (Wildman–Crippen LogP) is 2.03. The molecule has 1 unspecified atom stereocenters. The van der Waals surface area contributed by atoms with E-state index < -0.39 is 0 Å². The van der Waals surface area contributed by atoms with Gasteiger partial charge in [-0.15, -0.1) is 0 Å². The van der Waals surface area contributed by atoms with E-state index in [1.807, 2.05) is 31.4 Å². The van der Waals surface area contributed by atoms with Gasteiger partial charge in [-0.3, -0.25) is 4.98 Å². The van der Waals surface area contributed by atoms with Gasteiger partial charge in [0.1, 0.15) is 0 Å². The van der Waals surface area contributed by atoms with Gasteiger partial charge in [0.25, 0.3) is 0 Å². The molecule has 0 bridgehead atoms. The van der Waals surface area contributed by atoms with Crippen molar-refractivity contribution >= 4 is 0 Å². The number of hydrogen-bond acceptors (Lipinski definition) is 3. The minimum absolute atomic E-state index is 0.332. The van der Waals surface area contributed by atoms with Gasteiger partial charge in [-0.05, 0) is 25.6 Å². The van der Waals surface area contributed by atoms with Crippen molar-refractivity contribution in [1.29, 1.82) is 0 Å². The summed E-state index contributed by atoms with van der Waals surface area (Å²) in [6, 6.07) is 5.99. The monoisotopic (exact) mass is 222 g/mol. The molecule has 1 atom stereocenters. The molecular formula is C13H22N2O. The molecule has 0 fully saturated rings. The zero-order valence-corrected chi connectivity index (χ0v) is 10.3. The first-order chi connectivity index (χ1) is 7.86. The van der Waals surface area contributed by atoms with Crippen LogP contribution >= 0.6 is 0 Å². The highest BCUT2D eigenvalue weighted by atomic mass is 16.5. The van der Waals surface area contributed by atoms with E-state index in [9.17, 15) is 0 Å². The number of nitrogens with one attached hydrogen (secondary N) is 1. The normalized spacial score (nSPS) is 12.6. The second-order valence-corrected chi connectivity index (χ2v) is 3.91. The Hall–Kier alpha value is -0.930. The number of pyridine rings is 1. The van der Waals surface area contributed by atoms with Crippen molar-refractivity contribution < 1.29 is 4.74 Å². The topological polar surface area (TPSA) is 34.1 Å². The molecule has 0 saturated heterocycles. The van der Waals surface area contributed by atoms with Crippen LogP contribution in [0.25, 0.3) is 0 Å². The predicted molar refractivity (Wildman–Crippen MR) is 66.5 cm³/mol. The van der Waals surface area contributed by atoms with Crippen LogP contribution in [0.1, 0.15) is 25.5 Å². The first kappa shape index (κ1) is 13.1. The van der Waals surface area contributed by atoms with Gasteiger partial charge < -0.3 is 10.1 Å². The second kappa shape index (κ2) is 8.25. The van der Waals surface area contributed by atoms with Crippen molar-refractivity contribution in [3.05, 3.63) is 30.1 Å². The molecule has 0 radical (unpaired) electrons. The number of rotatable bonds is 8. The van der Waals surface area contributed by atoms with E-state index in [4.69, 9.17) is 4.74 Å². The summed E-state index contributed by atoms with van der Waals surface area (Å²) in [4.78, 5) is 4.27. The van der Waals surface area contributed by atoms with Crippen molar-refractivity contribution in [1.82, 2.24) is 10.3 Å². The maximum absolute atomic E-state index is 5.82. The molecule has 3 nitrogen and oxygen atoms in total. The second-order valence-electron chi connectivity index (χ2n) is 3.91. The highest BCUT2D eigenvalue weighted by molar-refractivity contribution is 5.03. The lowest BCUT2D eigenvalue weighted by Gasteiger charge is -2.16. The molecule has 0 aromatic carbocycles. The zero-order chi connectivity index (χ0) is 11.6. The number of likely N-dealkylation sites (N-methyl/N-ethyl adjacent to an activating group) is 1. The molecule has 0 spiro atoms. The van der Waals surface area contributed by atoms with Crippen LogP contribution in [0.15, 0.2) is 24.4 Å². The lowest BCUT2D eigenvalue weighted by Crippen LogP contribution is -2.27. The maximum Gasteiger partial charge on any atom is 0.0699 e. The van der Waals surface area contributed by atoms with Gasteiger partial charge in [-0.1, -0.05) is 19.4 Å². The fourth-order valence-corrected chi connectivity index (χ4v) is 1.67. The third-order valence-electron chi connectivity index (χ3n) is 2.48. The van der Waals surface area contributed by atoms with Gasteiger partial charge in [-0.2, -0.15) is 0 Å². The fraction of sp³-hybridized carbons (Fsp3) is 0.615. The lowest BCUT2D eigenvalue weighted by atomic mass is 10.2. The summed E-state index contributed by atoms with van der Waals surface area (Å²) >= 11 is 0. The SMILES string of the molecule is CCCC(CNC)OCCc1ccccn1. The summed E-state index contributed by atoms with van der Waals surface area (Å²) in [5.41, 5.74) is 1.10. The average Bonchev–Trinajstić information content (AvgIpc) is 2.31. The Balaban J connectivity index is 2.22. The number of nitrogens with zero attached hydrogens (tertiary/aromatic N) is 1.